The molecule has 0 aliphatic carbocycles. The van der Waals surface area contributed by atoms with Gasteiger partial charge >= 0.3 is 5.97 Å². The molecule has 1 rings (SSSR count). The van der Waals surface area contributed by atoms with Crippen LogP contribution in [0.5, 0.6) is 0 Å². The largest absolute Gasteiger partial charge is 0.478 e. The fraction of sp³-hybridized carbons (Fsp3) is 0.364. The summed E-state index contributed by atoms with van der Waals surface area (Å²) in [5.41, 5.74) is 5.89. The van der Waals surface area contributed by atoms with Gasteiger partial charge in [0, 0.05) is 6.04 Å². The van der Waals surface area contributed by atoms with Crippen LogP contribution < -0.4 is 11.1 Å². The molecule has 0 saturated heterocycles. The van der Waals surface area contributed by atoms with E-state index in [0.717, 1.165) is 18.6 Å². The lowest BCUT2D eigenvalue weighted by atomic mass is 10.1. The first-order valence-electron chi connectivity index (χ1n) is 5.04. The highest BCUT2D eigenvalue weighted by Gasteiger charge is 2.14. The third kappa shape index (κ3) is 2.62. The van der Waals surface area contributed by atoms with Gasteiger partial charge in [-0.25, -0.2) is 9.18 Å². The number of halogens is 1. The number of benzene rings is 1. The molecule has 5 heteroatoms. The number of nitrogens with one attached hydrogen (secondary N) is 1. The molecule has 0 aromatic heterocycles. The molecule has 88 valence electrons. The summed E-state index contributed by atoms with van der Waals surface area (Å²) >= 11 is 0. The highest BCUT2D eigenvalue weighted by molar-refractivity contribution is 5.90. The monoisotopic (exact) mass is 226 g/mol. The minimum atomic E-state index is -1.32. The van der Waals surface area contributed by atoms with Gasteiger partial charge in [0.25, 0.3) is 0 Å². The summed E-state index contributed by atoms with van der Waals surface area (Å²) in [5.74, 6) is -2.10. The molecular weight excluding hydrogens is 211 g/mol. The summed E-state index contributed by atoms with van der Waals surface area (Å²) in [6.07, 6.45) is 0.863. The molecule has 1 aromatic rings. The minimum absolute atomic E-state index is 0.150. The molecule has 1 aromatic carbocycles. The van der Waals surface area contributed by atoms with Gasteiger partial charge in [0.2, 0.25) is 0 Å². The molecule has 4 nitrogen and oxygen atoms in total. The first-order valence-corrected chi connectivity index (χ1v) is 5.04. The third-order valence-corrected chi connectivity index (χ3v) is 2.38. The van der Waals surface area contributed by atoms with E-state index in [1.165, 1.54) is 0 Å². The van der Waals surface area contributed by atoms with Crippen LogP contribution in [0, 0.1) is 5.82 Å². The van der Waals surface area contributed by atoms with Gasteiger partial charge in [0.15, 0.2) is 0 Å². The highest BCUT2D eigenvalue weighted by Crippen LogP contribution is 2.24. The number of nitrogen functional groups attached to an aromatic ring is 1. The van der Waals surface area contributed by atoms with E-state index in [9.17, 15) is 9.18 Å². The quantitative estimate of drug-likeness (QED) is 0.689. The van der Waals surface area contributed by atoms with Gasteiger partial charge in [0.05, 0.1) is 16.9 Å². The van der Waals surface area contributed by atoms with Crippen LogP contribution in [0.25, 0.3) is 0 Å². The molecule has 0 saturated carbocycles. The Kier molecular flexibility index (Phi) is 3.71. The van der Waals surface area contributed by atoms with Crippen molar-refractivity contribution in [2.24, 2.45) is 0 Å². The standard InChI is InChI=1S/C11H15FN2O2/c1-3-6(2)14-10-5-8(12)7(11(15)16)4-9(10)13/h4-6,14H,3,13H2,1-2H3,(H,15,16). The van der Waals surface area contributed by atoms with Crippen molar-refractivity contribution >= 4 is 17.3 Å². The van der Waals surface area contributed by atoms with Gasteiger partial charge < -0.3 is 16.2 Å². The van der Waals surface area contributed by atoms with E-state index >= 15 is 0 Å². The second-order valence-corrected chi connectivity index (χ2v) is 3.68. The molecule has 1 unspecified atom stereocenters. The summed E-state index contributed by atoms with van der Waals surface area (Å²) in [6.45, 7) is 3.91. The lowest BCUT2D eigenvalue weighted by Gasteiger charge is -2.15. The highest BCUT2D eigenvalue weighted by atomic mass is 19.1. The predicted molar refractivity (Wildman–Crippen MR) is 61.1 cm³/mol. The van der Waals surface area contributed by atoms with Crippen LogP contribution >= 0.6 is 0 Å². The van der Waals surface area contributed by atoms with E-state index in [2.05, 4.69) is 5.32 Å². The molecule has 16 heavy (non-hydrogen) atoms. The van der Waals surface area contributed by atoms with Crippen molar-refractivity contribution in [2.75, 3.05) is 11.1 Å². The van der Waals surface area contributed by atoms with E-state index in [0.29, 0.717) is 5.69 Å². The van der Waals surface area contributed by atoms with Crippen LogP contribution in [0.3, 0.4) is 0 Å². The van der Waals surface area contributed by atoms with Crippen molar-refractivity contribution in [3.8, 4) is 0 Å². The minimum Gasteiger partial charge on any atom is -0.478 e. The third-order valence-electron chi connectivity index (χ3n) is 2.38. The average Bonchev–Trinajstić information content (AvgIpc) is 2.22. The van der Waals surface area contributed by atoms with Crippen molar-refractivity contribution in [2.45, 2.75) is 26.3 Å². The number of carboxylic acid groups (broad SMARTS) is 1. The first kappa shape index (κ1) is 12.3. The van der Waals surface area contributed by atoms with E-state index in [1.54, 1.807) is 0 Å². The molecular formula is C11H15FN2O2. The zero-order chi connectivity index (χ0) is 12.3. The lowest BCUT2D eigenvalue weighted by molar-refractivity contribution is 0.0692. The van der Waals surface area contributed by atoms with Crippen molar-refractivity contribution in [1.29, 1.82) is 0 Å². The molecule has 0 aliphatic heterocycles. The number of rotatable bonds is 4. The predicted octanol–water partition coefficient (Wildman–Crippen LogP) is 2.32. The topological polar surface area (TPSA) is 75.3 Å². The van der Waals surface area contributed by atoms with Crippen LogP contribution in [-0.4, -0.2) is 17.1 Å². The van der Waals surface area contributed by atoms with Crippen LogP contribution in [0.1, 0.15) is 30.6 Å². The maximum Gasteiger partial charge on any atom is 0.338 e. The summed E-state index contributed by atoms with van der Waals surface area (Å²) in [4.78, 5) is 10.6. The number of nitrogens with two attached hydrogens (primary N) is 1. The second-order valence-electron chi connectivity index (χ2n) is 3.68. The summed E-state index contributed by atoms with van der Waals surface area (Å²) < 4.78 is 13.4. The van der Waals surface area contributed by atoms with Crippen molar-refractivity contribution in [1.82, 2.24) is 0 Å². The molecule has 0 aliphatic rings. The summed E-state index contributed by atoms with van der Waals surface area (Å²) in [6, 6.07) is 2.39. The van der Waals surface area contributed by atoms with Gasteiger partial charge in [-0.3, -0.25) is 0 Å². The van der Waals surface area contributed by atoms with Crippen molar-refractivity contribution < 1.29 is 14.3 Å². The molecule has 1 atom stereocenters. The summed E-state index contributed by atoms with van der Waals surface area (Å²) in [5, 5.41) is 11.7. The maximum absolute atomic E-state index is 13.4. The first-order chi connectivity index (χ1) is 7.45. The van der Waals surface area contributed by atoms with Gasteiger partial charge in [-0.15, -0.1) is 0 Å². The van der Waals surface area contributed by atoms with Crippen molar-refractivity contribution in [3.63, 3.8) is 0 Å². The number of hydrogen-bond acceptors (Lipinski definition) is 3. The Balaban J connectivity index is 3.05. The zero-order valence-electron chi connectivity index (χ0n) is 9.25. The number of carboxylic acids is 1. The van der Waals surface area contributed by atoms with Gasteiger partial charge in [-0.1, -0.05) is 6.92 Å². The van der Waals surface area contributed by atoms with Crippen LogP contribution in [0.15, 0.2) is 12.1 Å². The number of carbonyl (C=O) groups is 1. The van der Waals surface area contributed by atoms with E-state index < -0.39 is 17.3 Å². The Morgan fingerprint density at radius 1 is 1.62 bits per heavy atom. The SMILES string of the molecule is CCC(C)Nc1cc(F)c(C(=O)O)cc1N. The molecule has 0 fully saturated rings. The van der Waals surface area contributed by atoms with Crippen LogP contribution in [0.4, 0.5) is 15.8 Å². The fourth-order valence-corrected chi connectivity index (χ4v) is 1.25. The Bertz CT molecular complexity index is 407. The molecule has 0 heterocycles. The summed E-state index contributed by atoms with van der Waals surface area (Å²) in [7, 11) is 0. The average molecular weight is 226 g/mol. The molecule has 0 radical (unpaired) electrons. The fourth-order valence-electron chi connectivity index (χ4n) is 1.25. The molecule has 0 bridgehead atoms. The molecule has 0 spiro atoms. The number of aromatic carboxylic acids is 1. The number of hydrogen-bond donors (Lipinski definition) is 3. The van der Waals surface area contributed by atoms with Gasteiger partial charge in [0.1, 0.15) is 5.82 Å². The van der Waals surface area contributed by atoms with E-state index in [-0.39, 0.29) is 11.7 Å². The Morgan fingerprint density at radius 3 is 2.75 bits per heavy atom. The molecule has 4 N–H and O–H groups in total. The van der Waals surface area contributed by atoms with Crippen molar-refractivity contribution in [3.05, 3.63) is 23.5 Å². The zero-order valence-corrected chi connectivity index (χ0v) is 9.25. The van der Waals surface area contributed by atoms with Crippen LogP contribution in [0.2, 0.25) is 0 Å². The second kappa shape index (κ2) is 4.83. The Labute approximate surface area is 93.3 Å². The van der Waals surface area contributed by atoms with Gasteiger partial charge in [-0.2, -0.15) is 0 Å². The normalized spacial score (nSPS) is 12.2. The van der Waals surface area contributed by atoms with E-state index in [1.807, 2.05) is 13.8 Å². The van der Waals surface area contributed by atoms with E-state index in [4.69, 9.17) is 10.8 Å². The van der Waals surface area contributed by atoms with Gasteiger partial charge in [-0.05, 0) is 25.5 Å². The Hall–Kier alpha value is -1.78. The Morgan fingerprint density at radius 2 is 2.25 bits per heavy atom. The smallest absolute Gasteiger partial charge is 0.338 e. The molecule has 0 amide bonds. The lowest BCUT2D eigenvalue weighted by Crippen LogP contribution is -2.15. The maximum atomic E-state index is 13.4. The van der Waals surface area contributed by atoms with Crippen LogP contribution in [-0.2, 0) is 0 Å². The number of anilines is 2.